The van der Waals surface area contributed by atoms with Crippen LogP contribution in [0.1, 0.15) is 17.2 Å². The van der Waals surface area contributed by atoms with Crippen molar-refractivity contribution in [3.8, 4) is 11.5 Å². The van der Waals surface area contributed by atoms with Crippen molar-refractivity contribution in [3.63, 3.8) is 0 Å². The van der Waals surface area contributed by atoms with E-state index in [4.69, 9.17) is 15.0 Å². The fourth-order valence-electron chi connectivity index (χ4n) is 2.44. The minimum atomic E-state index is -0.497. The van der Waals surface area contributed by atoms with Gasteiger partial charge in [-0.05, 0) is 17.7 Å². The molecule has 7 heteroatoms. The van der Waals surface area contributed by atoms with Gasteiger partial charge in [-0.2, -0.15) is 5.11 Å². The normalized spacial score (nSPS) is 11.6. The molecule has 1 N–H and O–H groups in total. The van der Waals surface area contributed by atoms with E-state index < -0.39 is 11.0 Å². The molecule has 0 radical (unpaired) electrons. The lowest BCUT2D eigenvalue weighted by atomic mass is 9.98. The average molecular weight is 315 g/mol. The van der Waals surface area contributed by atoms with Crippen LogP contribution in [0.3, 0.4) is 0 Å². The van der Waals surface area contributed by atoms with Crippen LogP contribution < -0.4 is 9.47 Å². The minimum Gasteiger partial charge on any atom is -0.493 e. The van der Waals surface area contributed by atoms with Crippen molar-refractivity contribution in [1.29, 1.82) is 5.53 Å². The first kappa shape index (κ1) is 16.4. The second-order valence-electron chi connectivity index (χ2n) is 4.83. The molecular weight excluding hydrogens is 298 g/mol. The SMILES string of the molecule is COc1ccc(CC(N=N)c2ccccc2)c([N+](=O)[O-])c1OC. The Bertz CT molecular complexity index is 704. The van der Waals surface area contributed by atoms with Gasteiger partial charge in [0.1, 0.15) is 0 Å². The van der Waals surface area contributed by atoms with E-state index >= 15 is 0 Å². The summed E-state index contributed by atoms with van der Waals surface area (Å²) in [7, 11) is 2.78. The Labute approximate surface area is 133 Å². The monoisotopic (exact) mass is 315 g/mol. The maximum absolute atomic E-state index is 11.5. The van der Waals surface area contributed by atoms with Gasteiger partial charge in [-0.15, -0.1) is 0 Å². The van der Waals surface area contributed by atoms with Crippen LogP contribution >= 0.6 is 0 Å². The van der Waals surface area contributed by atoms with E-state index in [1.54, 1.807) is 12.1 Å². The molecule has 1 atom stereocenters. The summed E-state index contributed by atoms with van der Waals surface area (Å²) in [6.07, 6.45) is 0.226. The van der Waals surface area contributed by atoms with E-state index in [1.807, 2.05) is 30.3 Å². The van der Waals surface area contributed by atoms with Gasteiger partial charge >= 0.3 is 5.69 Å². The van der Waals surface area contributed by atoms with E-state index in [2.05, 4.69) is 5.11 Å². The molecular formula is C16H17N3O4. The van der Waals surface area contributed by atoms with E-state index in [9.17, 15) is 10.1 Å². The first-order valence-electron chi connectivity index (χ1n) is 6.92. The first-order valence-corrected chi connectivity index (χ1v) is 6.92. The van der Waals surface area contributed by atoms with Crippen molar-refractivity contribution in [2.75, 3.05) is 14.2 Å². The van der Waals surface area contributed by atoms with Gasteiger partial charge in [0.2, 0.25) is 5.75 Å². The fraction of sp³-hybridized carbons (Fsp3) is 0.250. The molecule has 0 aromatic heterocycles. The Kier molecular flexibility index (Phi) is 5.24. The standard InChI is InChI=1S/C16H17N3O4/c1-22-14-9-8-12(15(19(20)21)16(14)23-2)10-13(18-17)11-6-4-3-5-7-11/h3-9,13,17H,10H2,1-2H3. The van der Waals surface area contributed by atoms with Crippen LogP contribution in [0.4, 0.5) is 5.69 Å². The number of methoxy groups -OCH3 is 2. The quantitative estimate of drug-likeness (QED) is 0.475. The van der Waals surface area contributed by atoms with Gasteiger partial charge in [0.05, 0.1) is 25.2 Å². The average Bonchev–Trinajstić information content (AvgIpc) is 2.59. The molecule has 0 fully saturated rings. The second-order valence-corrected chi connectivity index (χ2v) is 4.83. The molecule has 0 saturated heterocycles. The summed E-state index contributed by atoms with van der Waals surface area (Å²) in [6.45, 7) is 0. The second kappa shape index (κ2) is 7.35. The molecule has 2 aromatic rings. The van der Waals surface area contributed by atoms with Gasteiger partial charge in [0, 0.05) is 12.0 Å². The number of nitro benzene ring substituents is 1. The third-order valence-corrected chi connectivity index (χ3v) is 3.54. The highest BCUT2D eigenvalue weighted by Gasteiger charge is 2.27. The van der Waals surface area contributed by atoms with Crippen LogP contribution in [0.15, 0.2) is 47.6 Å². The zero-order valence-corrected chi connectivity index (χ0v) is 12.9. The molecule has 2 aromatic carbocycles. The highest BCUT2D eigenvalue weighted by molar-refractivity contribution is 5.60. The number of hydrogen-bond acceptors (Lipinski definition) is 6. The van der Waals surface area contributed by atoms with E-state index in [0.717, 1.165) is 5.56 Å². The molecule has 2 rings (SSSR count). The Morgan fingerprint density at radius 1 is 1.17 bits per heavy atom. The molecule has 1 unspecified atom stereocenters. The minimum absolute atomic E-state index is 0.0757. The van der Waals surface area contributed by atoms with Crippen LogP contribution in [0.5, 0.6) is 11.5 Å². The predicted molar refractivity (Wildman–Crippen MR) is 84.2 cm³/mol. The molecule has 0 heterocycles. The summed E-state index contributed by atoms with van der Waals surface area (Å²) < 4.78 is 10.3. The highest BCUT2D eigenvalue weighted by atomic mass is 16.6. The molecule has 0 amide bonds. The van der Waals surface area contributed by atoms with E-state index in [-0.39, 0.29) is 17.9 Å². The van der Waals surface area contributed by atoms with Crippen molar-refractivity contribution in [2.24, 2.45) is 5.11 Å². The number of hydrogen-bond donors (Lipinski definition) is 1. The molecule has 0 spiro atoms. The van der Waals surface area contributed by atoms with Crippen molar-refractivity contribution in [3.05, 3.63) is 63.7 Å². The maximum Gasteiger partial charge on any atom is 0.318 e. The number of nitrogens with zero attached hydrogens (tertiary/aromatic N) is 2. The number of ether oxygens (including phenoxy) is 2. The molecule has 7 nitrogen and oxygen atoms in total. The smallest absolute Gasteiger partial charge is 0.318 e. The third kappa shape index (κ3) is 3.45. The molecule has 120 valence electrons. The van der Waals surface area contributed by atoms with E-state index in [0.29, 0.717) is 11.3 Å². The molecule has 0 aliphatic rings. The zero-order valence-electron chi connectivity index (χ0n) is 12.9. The number of nitro groups is 1. The lowest BCUT2D eigenvalue weighted by molar-refractivity contribution is -0.386. The summed E-state index contributed by atoms with van der Waals surface area (Å²) in [5.74, 6) is 0.369. The van der Waals surface area contributed by atoms with Crippen LogP contribution in [-0.2, 0) is 6.42 Å². The first-order chi connectivity index (χ1) is 11.1. The van der Waals surface area contributed by atoms with Gasteiger partial charge in [-0.3, -0.25) is 10.1 Å². The van der Waals surface area contributed by atoms with Gasteiger partial charge in [0.15, 0.2) is 5.75 Å². The van der Waals surface area contributed by atoms with Gasteiger partial charge in [-0.25, -0.2) is 5.53 Å². The Morgan fingerprint density at radius 3 is 2.39 bits per heavy atom. The zero-order chi connectivity index (χ0) is 16.8. The van der Waals surface area contributed by atoms with Crippen LogP contribution in [-0.4, -0.2) is 19.1 Å². The summed E-state index contributed by atoms with van der Waals surface area (Å²) in [4.78, 5) is 11.0. The van der Waals surface area contributed by atoms with Crippen molar-refractivity contribution in [2.45, 2.75) is 12.5 Å². The Hall–Kier alpha value is -2.96. The maximum atomic E-state index is 11.5. The number of nitrogens with one attached hydrogen (secondary N) is 1. The summed E-state index contributed by atoms with van der Waals surface area (Å²) >= 11 is 0. The highest BCUT2D eigenvalue weighted by Crippen LogP contribution is 2.41. The summed E-state index contributed by atoms with van der Waals surface area (Å²) in [6, 6.07) is 12.0. The van der Waals surface area contributed by atoms with Crippen LogP contribution in [0, 0.1) is 15.6 Å². The molecule has 0 saturated carbocycles. The predicted octanol–water partition coefficient (Wildman–Crippen LogP) is 3.93. The Balaban J connectivity index is 2.46. The lowest BCUT2D eigenvalue weighted by Crippen LogP contribution is -2.05. The van der Waals surface area contributed by atoms with Crippen molar-refractivity contribution in [1.82, 2.24) is 0 Å². The topological polar surface area (TPSA) is 97.8 Å². The van der Waals surface area contributed by atoms with Crippen molar-refractivity contribution >= 4 is 5.69 Å². The van der Waals surface area contributed by atoms with Gasteiger partial charge < -0.3 is 9.47 Å². The van der Waals surface area contributed by atoms with Gasteiger partial charge in [-0.1, -0.05) is 30.3 Å². The lowest BCUT2D eigenvalue weighted by Gasteiger charge is -2.14. The summed E-state index contributed by atoms with van der Waals surface area (Å²) in [5.41, 5.74) is 8.51. The molecule has 0 aliphatic carbocycles. The summed E-state index contributed by atoms with van der Waals surface area (Å²) in [5, 5.41) is 15.1. The molecule has 0 bridgehead atoms. The van der Waals surface area contributed by atoms with Gasteiger partial charge in [0.25, 0.3) is 0 Å². The fourth-order valence-corrected chi connectivity index (χ4v) is 2.44. The van der Waals surface area contributed by atoms with Crippen LogP contribution in [0.2, 0.25) is 0 Å². The number of rotatable bonds is 7. The third-order valence-electron chi connectivity index (χ3n) is 3.54. The van der Waals surface area contributed by atoms with E-state index in [1.165, 1.54) is 14.2 Å². The Morgan fingerprint density at radius 2 is 1.87 bits per heavy atom. The molecule has 0 aliphatic heterocycles. The largest absolute Gasteiger partial charge is 0.493 e. The number of benzene rings is 2. The molecule has 23 heavy (non-hydrogen) atoms. The van der Waals surface area contributed by atoms with Crippen molar-refractivity contribution < 1.29 is 14.4 Å². The van der Waals surface area contributed by atoms with Crippen LogP contribution in [0.25, 0.3) is 0 Å².